The van der Waals surface area contributed by atoms with Crippen LogP contribution in [0.1, 0.15) is 34.6 Å². The van der Waals surface area contributed by atoms with Gasteiger partial charge in [-0.1, -0.05) is 33.4 Å². The van der Waals surface area contributed by atoms with E-state index in [-0.39, 0.29) is 5.41 Å². The van der Waals surface area contributed by atoms with Crippen molar-refractivity contribution in [2.24, 2.45) is 5.41 Å². The minimum absolute atomic E-state index is 0.122. The monoisotopic (exact) mass is 245 g/mol. The molecule has 2 heteroatoms. The molecule has 0 saturated heterocycles. The standard InChI is InChI=1S/C11H20BrN/c1-7-9(12)10(11(4,5)6)13-8(2)3/h7-8,13H,1H2,2-6H3/b10-9-. The first-order valence-corrected chi connectivity index (χ1v) is 5.37. The van der Waals surface area contributed by atoms with Crippen LogP contribution in [-0.4, -0.2) is 6.04 Å². The molecule has 13 heavy (non-hydrogen) atoms. The molecule has 0 rings (SSSR count). The second-order valence-electron chi connectivity index (χ2n) is 4.48. The smallest absolute Gasteiger partial charge is 0.0364 e. The molecule has 0 spiro atoms. The third kappa shape index (κ3) is 4.51. The Morgan fingerprint density at radius 1 is 1.38 bits per heavy atom. The normalized spacial score (nSPS) is 14.1. The fourth-order valence-corrected chi connectivity index (χ4v) is 1.74. The molecule has 0 aromatic carbocycles. The largest absolute Gasteiger partial charge is 0.385 e. The third-order valence-corrected chi connectivity index (χ3v) is 2.32. The van der Waals surface area contributed by atoms with Crippen molar-refractivity contribution >= 4 is 15.9 Å². The Morgan fingerprint density at radius 2 is 1.85 bits per heavy atom. The number of nitrogens with one attached hydrogen (secondary N) is 1. The maximum atomic E-state index is 3.76. The summed E-state index contributed by atoms with van der Waals surface area (Å²) in [4.78, 5) is 0. The maximum absolute atomic E-state index is 3.76. The molecular formula is C11H20BrN. The van der Waals surface area contributed by atoms with Crippen LogP contribution in [0.15, 0.2) is 22.8 Å². The van der Waals surface area contributed by atoms with Gasteiger partial charge in [0.05, 0.1) is 0 Å². The van der Waals surface area contributed by atoms with E-state index >= 15 is 0 Å². The predicted molar refractivity (Wildman–Crippen MR) is 63.9 cm³/mol. The van der Waals surface area contributed by atoms with E-state index in [9.17, 15) is 0 Å². The van der Waals surface area contributed by atoms with Crippen LogP contribution in [0.4, 0.5) is 0 Å². The van der Waals surface area contributed by atoms with Crippen molar-refractivity contribution in [2.75, 3.05) is 0 Å². The average molecular weight is 246 g/mol. The summed E-state index contributed by atoms with van der Waals surface area (Å²) in [6, 6.07) is 0.446. The molecule has 0 radical (unpaired) electrons. The zero-order valence-corrected chi connectivity index (χ0v) is 10.8. The van der Waals surface area contributed by atoms with Gasteiger partial charge in [0.15, 0.2) is 0 Å². The van der Waals surface area contributed by atoms with Gasteiger partial charge in [0.2, 0.25) is 0 Å². The molecule has 0 unspecified atom stereocenters. The summed E-state index contributed by atoms with van der Waals surface area (Å²) in [6.07, 6.45) is 1.83. The van der Waals surface area contributed by atoms with Crippen LogP contribution in [0.3, 0.4) is 0 Å². The number of halogens is 1. The van der Waals surface area contributed by atoms with Crippen molar-refractivity contribution in [3.63, 3.8) is 0 Å². The molecular weight excluding hydrogens is 226 g/mol. The van der Waals surface area contributed by atoms with E-state index in [4.69, 9.17) is 0 Å². The van der Waals surface area contributed by atoms with E-state index < -0.39 is 0 Å². The Balaban J connectivity index is 4.88. The van der Waals surface area contributed by atoms with E-state index in [1.165, 1.54) is 5.70 Å². The second kappa shape index (κ2) is 4.85. The van der Waals surface area contributed by atoms with Crippen LogP contribution in [0.2, 0.25) is 0 Å². The fourth-order valence-electron chi connectivity index (χ4n) is 1.03. The minimum atomic E-state index is 0.122. The summed E-state index contributed by atoms with van der Waals surface area (Å²) in [5.41, 5.74) is 1.33. The fraction of sp³-hybridized carbons (Fsp3) is 0.636. The SMILES string of the molecule is C=C/C(Br)=C(/NC(C)C)C(C)(C)C. The molecule has 0 atom stereocenters. The van der Waals surface area contributed by atoms with Crippen LogP contribution in [0, 0.1) is 5.41 Å². The Kier molecular flexibility index (Phi) is 4.76. The molecule has 0 aromatic heterocycles. The molecule has 0 amide bonds. The molecule has 0 aliphatic carbocycles. The lowest BCUT2D eigenvalue weighted by atomic mass is 9.91. The van der Waals surface area contributed by atoms with Crippen molar-refractivity contribution < 1.29 is 0 Å². The van der Waals surface area contributed by atoms with Crippen molar-refractivity contribution in [2.45, 2.75) is 40.7 Å². The van der Waals surface area contributed by atoms with E-state index in [2.05, 4.69) is 62.4 Å². The average Bonchev–Trinajstić information content (AvgIpc) is 1.96. The van der Waals surface area contributed by atoms with Gasteiger partial charge in [0, 0.05) is 21.6 Å². The van der Waals surface area contributed by atoms with E-state index in [1.807, 2.05) is 6.08 Å². The van der Waals surface area contributed by atoms with Gasteiger partial charge < -0.3 is 5.32 Å². The molecule has 0 aliphatic heterocycles. The summed E-state index contributed by atoms with van der Waals surface area (Å²) < 4.78 is 1.05. The highest BCUT2D eigenvalue weighted by Gasteiger charge is 2.19. The van der Waals surface area contributed by atoms with Gasteiger partial charge >= 0.3 is 0 Å². The summed E-state index contributed by atoms with van der Waals surface area (Å²) in [6.45, 7) is 14.6. The number of rotatable bonds is 3. The first kappa shape index (κ1) is 12.8. The topological polar surface area (TPSA) is 12.0 Å². The maximum Gasteiger partial charge on any atom is 0.0364 e. The number of allylic oxidation sites excluding steroid dienone is 3. The Bertz CT molecular complexity index is 209. The molecule has 0 aromatic rings. The van der Waals surface area contributed by atoms with E-state index in [0.717, 1.165) is 4.48 Å². The first-order chi connectivity index (χ1) is 5.79. The number of hydrogen-bond acceptors (Lipinski definition) is 1. The molecule has 1 N–H and O–H groups in total. The van der Waals surface area contributed by atoms with Crippen LogP contribution >= 0.6 is 15.9 Å². The lowest BCUT2D eigenvalue weighted by Gasteiger charge is -2.27. The highest BCUT2D eigenvalue weighted by atomic mass is 79.9. The van der Waals surface area contributed by atoms with Crippen molar-refractivity contribution in [3.8, 4) is 0 Å². The van der Waals surface area contributed by atoms with Gasteiger partial charge in [-0.05, 0) is 29.8 Å². The lowest BCUT2D eigenvalue weighted by Crippen LogP contribution is -2.30. The van der Waals surface area contributed by atoms with Crippen LogP contribution < -0.4 is 5.32 Å². The lowest BCUT2D eigenvalue weighted by molar-refractivity contribution is 0.441. The van der Waals surface area contributed by atoms with Gasteiger partial charge in [-0.15, -0.1) is 0 Å². The van der Waals surface area contributed by atoms with Gasteiger partial charge in [-0.3, -0.25) is 0 Å². The summed E-state index contributed by atoms with van der Waals surface area (Å²) in [7, 11) is 0. The third-order valence-electron chi connectivity index (χ3n) is 1.60. The van der Waals surface area contributed by atoms with Gasteiger partial charge in [0.1, 0.15) is 0 Å². The van der Waals surface area contributed by atoms with Crippen molar-refractivity contribution in [3.05, 3.63) is 22.8 Å². The van der Waals surface area contributed by atoms with Crippen molar-refractivity contribution in [1.82, 2.24) is 5.32 Å². The molecule has 0 fully saturated rings. The Labute approximate surface area is 90.4 Å². The highest BCUT2D eigenvalue weighted by Crippen LogP contribution is 2.29. The van der Waals surface area contributed by atoms with Crippen LogP contribution in [0.5, 0.6) is 0 Å². The molecule has 0 aliphatic rings. The quantitative estimate of drug-likeness (QED) is 0.746. The summed E-state index contributed by atoms with van der Waals surface area (Å²) in [5, 5.41) is 3.43. The molecule has 76 valence electrons. The zero-order chi connectivity index (χ0) is 10.6. The molecule has 0 saturated carbocycles. The minimum Gasteiger partial charge on any atom is -0.385 e. The van der Waals surface area contributed by atoms with E-state index in [0.29, 0.717) is 6.04 Å². The highest BCUT2D eigenvalue weighted by molar-refractivity contribution is 9.11. The molecule has 0 bridgehead atoms. The van der Waals surface area contributed by atoms with Gasteiger partial charge in [-0.25, -0.2) is 0 Å². The predicted octanol–water partition coefficient (Wildman–Crippen LogP) is 3.82. The zero-order valence-electron chi connectivity index (χ0n) is 9.24. The van der Waals surface area contributed by atoms with E-state index in [1.54, 1.807) is 0 Å². The van der Waals surface area contributed by atoms with Crippen LogP contribution in [-0.2, 0) is 0 Å². The second-order valence-corrected chi connectivity index (χ2v) is 5.33. The van der Waals surface area contributed by atoms with Gasteiger partial charge in [0.25, 0.3) is 0 Å². The molecule has 0 heterocycles. The first-order valence-electron chi connectivity index (χ1n) is 4.58. The Hall–Kier alpha value is -0.240. The number of hydrogen-bond donors (Lipinski definition) is 1. The summed E-state index contributed by atoms with van der Waals surface area (Å²) in [5.74, 6) is 0. The van der Waals surface area contributed by atoms with Gasteiger partial charge in [-0.2, -0.15) is 0 Å². The Morgan fingerprint density at radius 3 is 2.08 bits per heavy atom. The molecule has 1 nitrogen and oxygen atoms in total. The summed E-state index contributed by atoms with van der Waals surface area (Å²) >= 11 is 3.51. The van der Waals surface area contributed by atoms with Crippen LogP contribution in [0.25, 0.3) is 0 Å². The van der Waals surface area contributed by atoms with Crippen molar-refractivity contribution in [1.29, 1.82) is 0 Å².